The highest BCUT2D eigenvalue weighted by molar-refractivity contribution is 7.10. The fourth-order valence-electron chi connectivity index (χ4n) is 7.27. The molecule has 7 rings (SSSR count). The van der Waals surface area contributed by atoms with Gasteiger partial charge in [-0.2, -0.15) is 0 Å². The summed E-state index contributed by atoms with van der Waals surface area (Å²) in [6, 6.07) is 2.15. The van der Waals surface area contributed by atoms with Gasteiger partial charge in [0.1, 0.15) is 5.92 Å². The number of cyclic esters (lactones) is 2. The van der Waals surface area contributed by atoms with Gasteiger partial charge in [0, 0.05) is 10.3 Å². The molecule has 1 atom stereocenters. The molecule has 5 fully saturated rings. The normalized spacial score (nSPS) is 45.0. The van der Waals surface area contributed by atoms with Crippen LogP contribution in [-0.2, 0) is 19.7 Å². The quantitative estimate of drug-likeness (QED) is 0.531. The van der Waals surface area contributed by atoms with E-state index in [0.29, 0.717) is 17.4 Å². The summed E-state index contributed by atoms with van der Waals surface area (Å²) in [5, 5.41) is 2.15. The number of allylic oxidation sites excluding steroid dienone is 1. The molecular weight excluding hydrogens is 320 g/mol. The van der Waals surface area contributed by atoms with E-state index in [4.69, 9.17) is 4.74 Å². The highest BCUT2D eigenvalue weighted by Gasteiger charge is 2.68. The van der Waals surface area contributed by atoms with Crippen LogP contribution < -0.4 is 0 Å². The van der Waals surface area contributed by atoms with Crippen LogP contribution >= 0.6 is 11.3 Å². The first-order valence-electron chi connectivity index (χ1n) is 9.15. The van der Waals surface area contributed by atoms with Crippen LogP contribution in [0.4, 0.5) is 0 Å². The monoisotopic (exact) mass is 340 g/mol. The van der Waals surface area contributed by atoms with E-state index in [1.54, 1.807) is 11.3 Å². The van der Waals surface area contributed by atoms with Crippen molar-refractivity contribution in [3.05, 3.63) is 27.5 Å². The molecule has 0 N–H and O–H groups in total. The standard InChI is InChI=1S/C20H20O3S/c1-9-14-2-3-24-17(14)20(16-15(9)18(21)23-19(16)22)12-5-10-4-11(7-12)8-13(20)6-10/h2-3,10-13,16H,4-8H2,1H3/t10?,11?,12?,13?,16-,20?/m1/s1. The average molecular weight is 340 g/mol. The second-order valence-corrected chi connectivity index (χ2v) is 9.50. The van der Waals surface area contributed by atoms with Gasteiger partial charge in [0.15, 0.2) is 0 Å². The van der Waals surface area contributed by atoms with E-state index < -0.39 is 0 Å². The zero-order valence-corrected chi connectivity index (χ0v) is 14.5. The lowest BCUT2D eigenvalue weighted by atomic mass is 9.40. The number of esters is 2. The Labute approximate surface area is 145 Å². The first-order chi connectivity index (χ1) is 11.6. The predicted molar refractivity (Wildman–Crippen MR) is 90.2 cm³/mol. The Balaban J connectivity index is 1.67. The highest BCUT2D eigenvalue weighted by atomic mass is 32.1. The van der Waals surface area contributed by atoms with Crippen molar-refractivity contribution in [2.45, 2.75) is 44.4 Å². The number of carbonyl (C=O) groups is 2. The first-order valence-corrected chi connectivity index (χ1v) is 10.0. The summed E-state index contributed by atoms with van der Waals surface area (Å²) in [6.45, 7) is 2.00. The topological polar surface area (TPSA) is 43.4 Å². The molecule has 0 aromatic carbocycles. The number of rotatable bonds is 0. The Morgan fingerprint density at radius 3 is 2.42 bits per heavy atom. The minimum absolute atomic E-state index is 0.158. The van der Waals surface area contributed by atoms with Gasteiger partial charge in [-0.25, -0.2) is 4.79 Å². The van der Waals surface area contributed by atoms with E-state index in [-0.39, 0.29) is 23.3 Å². The number of hydrogen-bond acceptors (Lipinski definition) is 4. The van der Waals surface area contributed by atoms with Gasteiger partial charge in [-0.3, -0.25) is 4.79 Å². The maximum Gasteiger partial charge on any atom is 0.342 e. The minimum atomic E-state index is -0.382. The molecule has 3 nitrogen and oxygen atoms in total. The maximum atomic E-state index is 12.8. The Kier molecular flexibility index (Phi) is 2.43. The van der Waals surface area contributed by atoms with Gasteiger partial charge >= 0.3 is 11.9 Å². The Hall–Kier alpha value is -1.42. The fraction of sp³-hybridized carbons (Fsp3) is 0.600. The summed E-state index contributed by atoms with van der Waals surface area (Å²) in [7, 11) is 0. The second-order valence-electron chi connectivity index (χ2n) is 8.58. The molecule has 4 saturated carbocycles. The van der Waals surface area contributed by atoms with Crippen molar-refractivity contribution < 1.29 is 14.3 Å². The van der Waals surface area contributed by atoms with E-state index in [1.807, 2.05) is 6.92 Å². The number of ether oxygens (including phenoxy) is 1. The van der Waals surface area contributed by atoms with Gasteiger partial charge in [0.25, 0.3) is 0 Å². The predicted octanol–water partition coefficient (Wildman–Crippen LogP) is 3.93. The summed E-state index contributed by atoms with van der Waals surface area (Å²) in [4.78, 5) is 26.7. The van der Waals surface area contributed by atoms with Crippen LogP contribution in [0.25, 0.3) is 5.57 Å². The van der Waals surface area contributed by atoms with Crippen molar-refractivity contribution in [1.29, 1.82) is 0 Å². The molecule has 6 aliphatic rings. The summed E-state index contributed by atoms with van der Waals surface area (Å²) >= 11 is 1.81. The molecule has 0 amide bonds. The molecular formula is C20H20O3S. The molecule has 1 aliphatic heterocycles. The zero-order chi connectivity index (χ0) is 16.2. The molecule has 2 heterocycles. The van der Waals surface area contributed by atoms with Crippen LogP contribution in [-0.4, -0.2) is 11.9 Å². The lowest BCUT2D eigenvalue weighted by Crippen LogP contribution is -2.60. The lowest BCUT2D eigenvalue weighted by Gasteiger charge is -2.63. The van der Waals surface area contributed by atoms with Gasteiger partial charge in [-0.05, 0) is 85.3 Å². The van der Waals surface area contributed by atoms with Crippen LogP contribution in [0.1, 0.15) is 49.5 Å². The van der Waals surface area contributed by atoms with Gasteiger partial charge in [0.2, 0.25) is 0 Å². The molecule has 4 heteroatoms. The fourth-order valence-corrected chi connectivity index (χ4v) is 8.61. The molecule has 0 radical (unpaired) electrons. The van der Waals surface area contributed by atoms with Gasteiger partial charge in [-0.15, -0.1) is 11.3 Å². The van der Waals surface area contributed by atoms with E-state index in [1.165, 1.54) is 42.5 Å². The lowest BCUT2D eigenvalue weighted by molar-refractivity contribution is -0.157. The van der Waals surface area contributed by atoms with Gasteiger partial charge in [-0.1, -0.05) is 0 Å². The molecule has 124 valence electrons. The molecule has 1 aromatic rings. The summed E-state index contributed by atoms with van der Waals surface area (Å²) in [5.74, 6) is 1.75. The van der Waals surface area contributed by atoms with Crippen LogP contribution in [0.3, 0.4) is 0 Å². The van der Waals surface area contributed by atoms with Crippen molar-refractivity contribution in [2.24, 2.45) is 29.6 Å². The van der Waals surface area contributed by atoms with E-state index >= 15 is 0 Å². The van der Waals surface area contributed by atoms with Crippen LogP contribution in [0.5, 0.6) is 0 Å². The molecule has 1 spiro atoms. The SMILES string of the molecule is CC1=C2C(=O)OC(=O)[C@@H]2C2(c3sccc31)C1CC3CC(C1)CC2C3. The molecule has 4 bridgehead atoms. The van der Waals surface area contributed by atoms with Gasteiger partial charge < -0.3 is 4.74 Å². The van der Waals surface area contributed by atoms with Crippen molar-refractivity contribution in [1.82, 2.24) is 0 Å². The van der Waals surface area contributed by atoms with Crippen molar-refractivity contribution in [3.63, 3.8) is 0 Å². The van der Waals surface area contributed by atoms with E-state index in [0.717, 1.165) is 17.4 Å². The molecule has 5 aliphatic carbocycles. The molecule has 0 unspecified atom stereocenters. The number of carbonyl (C=O) groups excluding carboxylic acids is 2. The Bertz CT molecular complexity index is 802. The largest absolute Gasteiger partial charge is 0.389 e. The smallest absolute Gasteiger partial charge is 0.342 e. The van der Waals surface area contributed by atoms with Crippen molar-refractivity contribution in [3.8, 4) is 0 Å². The summed E-state index contributed by atoms with van der Waals surface area (Å²) in [5.41, 5.74) is 2.71. The average Bonchev–Trinajstić information content (AvgIpc) is 3.13. The van der Waals surface area contributed by atoms with Crippen molar-refractivity contribution in [2.75, 3.05) is 0 Å². The highest BCUT2D eigenvalue weighted by Crippen LogP contribution is 2.70. The Morgan fingerprint density at radius 2 is 1.75 bits per heavy atom. The van der Waals surface area contributed by atoms with Crippen LogP contribution in [0, 0.1) is 29.6 Å². The first kappa shape index (κ1) is 13.8. The van der Waals surface area contributed by atoms with Crippen LogP contribution in [0.15, 0.2) is 17.0 Å². The van der Waals surface area contributed by atoms with E-state index in [9.17, 15) is 9.59 Å². The number of fused-ring (bicyclic) bond motifs is 2. The minimum Gasteiger partial charge on any atom is -0.389 e. The van der Waals surface area contributed by atoms with Gasteiger partial charge in [0.05, 0.1) is 5.57 Å². The van der Waals surface area contributed by atoms with Crippen LogP contribution in [0.2, 0.25) is 0 Å². The Morgan fingerprint density at radius 1 is 1.08 bits per heavy atom. The zero-order valence-electron chi connectivity index (χ0n) is 13.7. The third kappa shape index (κ3) is 1.35. The van der Waals surface area contributed by atoms with Crippen molar-refractivity contribution >= 4 is 28.8 Å². The maximum absolute atomic E-state index is 12.8. The summed E-state index contributed by atoms with van der Waals surface area (Å²) < 4.78 is 5.18. The summed E-state index contributed by atoms with van der Waals surface area (Å²) in [6.07, 6.45) is 6.31. The number of hydrogen-bond donors (Lipinski definition) is 0. The third-order valence-corrected chi connectivity index (χ3v) is 8.85. The third-order valence-electron chi connectivity index (χ3n) is 7.77. The van der Waals surface area contributed by atoms with E-state index in [2.05, 4.69) is 11.4 Å². The second kappa shape index (κ2) is 4.21. The molecule has 24 heavy (non-hydrogen) atoms. The molecule has 1 saturated heterocycles. The molecule has 1 aromatic heterocycles. The number of thiophene rings is 1.